The van der Waals surface area contributed by atoms with Crippen LogP contribution in [0.5, 0.6) is 0 Å². The molecule has 0 aromatic carbocycles. The molecule has 0 saturated heterocycles. The van der Waals surface area contributed by atoms with E-state index in [0.717, 1.165) is 0 Å². The molecular formula is C10H16F6O2. The van der Waals surface area contributed by atoms with E-state index in [4.69, 9.17) is 0 Å². The Hall–Kier alpha value is -0.500. The first-order chi connectivity index (χ1) is 8.21. The fraction of sp³-hybridized carbons (Fsp3) is 1.00. The maximum Gasteiger partial charge on any atom is 0.411 e. The van der Waals surface area contributed by atoms with E-state index in [1.54, 1.807) is 0 Å². The number of ether oxygens (including phenoxy) is 2. The number of unbranched alkanes of at least 4 members (excludes halogenated alkanes) is 3. The molecule has 0 N–H and O–H groups in total. The van der Waals surface area contributed by atoms with E-state index in [2.05, 4.69) is 9.47 Å². The van der Waals surface area contributed by atoms with Crippen LogP contribution in [0.4, 0.5) is 26.3 Å². The van der Waals surface area contributed by atoms with Gasteiger partial charge in [0.15, 0.2) is 0 Å². The lowest BCUT2D eigenvalue weighted by molar-refractivity contribution is -0.175. The van der Waals surface area contributed by atoms with Gasteiger partial charge in [0.05, 0.1) is 0 Å². The van der Waals surface area contributed by atoms with Crippen LogP contribution in [0.15, 0.2) is 0 Å². The molecule has 0 heterocycles. The Balaban J connectivity index is 3.13. The topological polar surface area (TPSA) is 18.5 Å². The van der Waals surface area contributed by atoms with Gasteiger partial charge in [0.25, 0.3) is 0 Å². The van der Waals surface area contributed by atoms with E-state index in [0.29, 0.717) is 25.7 Å². The van der Waals surface area contributed by atoms with E-state index in [1.165, 1.54) is 0 Å². The van der Waals surface area contributed by atoms with Crippen molar-refractivity contribution in [2.45, 2.75) is 38.0 Å². The molecule has 0 aromatic heterocycles. The fourth-order valence-electron chi connectivity index (χ4n) is 1.14. The van der Waals surface area contributed by atoms with E-state index in [9.17, 15) is 26.3 Å². The summed E-state index contributed by atoms with van der Waals surface area (Å²) in [6.07, 6.45) is -6.51. The van der Waals surface area contributed by atoms with E-state index < -0.39 is 25.6 Å². The minimum atomic E-state index is -4.31. The number of halogens is 6. The number of hydrogen-bond donors (Lipinski definition) is 0. The van der Waals surface area contributed by atoms with Gasteiger partial charge in [-0.15, -0.1) is 0 Å². The minimum absolute atomic E-state index is 0.00290. The Morgan fingerprint density at radius 2 is 0.889 bits per heavy atom. The molecule has 0 aromatic rings. The quantitative estimate of drug-likeness (QED) is 0.474. The summed E-state index contributed by atoms with van der Waals surface area (Å²) in [5.74, 6) is 0. The van der Waals surface area contributed by atoms with Gasteiger partial charge >= 0.3 is 12.4 Å². The third-order valence-electron chi connectivity index (χ3n) is 1.86. The van der Waals surface area contributed by atoms with Gasteiger partial charge in [-0.05, 0) is 12.8 Å². The highest BCUT2D eigenvalue weighted by Crippen LogP contribution is 2.15. The zero-order valence-corrected chi connectivity index (χ0v) is 9.74. The second-order valence-corrected chi connectivity index (χ2v) is 3.75. The van der Waals surface area contributed by atoms with E-state index >= 15 is 0 Å². The molecule has 0 radical (unpaired) electrons. The lowest BCUT2D eigenvalue weighted by atomic mass is 10.2. The van der Waals surface area contributed by atoms with Crippen LogP contribution in [0.25, 0.3) is 0 Å². The highest BCUT2D eigenvalue weighted by molar-refractivity contribution is 4.48. The Bertz CT molecular complexity index is 180. The minimum Gasteiger partial charge on any atom is -0.372 e. The SMILES string of the molecule is FC(F)(F)COCCCCCCOCC(F)(F)F. The summed E-state index contributed by atoms with van der Waals surface area (Å²) in [5.41, 5.74) is 0. The van der Waals surface area contributed by atoms with Crippen molar-refractivity contribution in [1.82, 2.24) is 0 Å². The molecule has 0 aliphatic heterocycles. The van der Waals surface area contributed by atoms with Crippen LogP contribution in [0.3, 0.4) is 0 Å². The fourth-order valence-corrected chi connectivity index (χ4v) is 1.14. The Kier molecular flexibility index (Phi) is 8.34. The molecule has 0 amide bonds. The second kappa shape index (κ2) is 8.58. The van der Waals surface area contributed by atoms with Crippen LogP contribution in [-0.4, -0.2) is 38.8 Å². The van der Waals surface area contributed by atoms with Gasteiger partial charge in [0.1, 0.15) is 13.2 Å². The maximum atomic E-state index is 11.6. The molecule has 0 bridgehead atoms. The monoisotopic (exact) mass is 282 g/mol. The molecule has 18 heavy (non-hydrogen) atoms. The largest absolute Gasteiger partial charge is 0.411 e. The van der Waals surface area contributed by atoms with Crippen LogP contribution in [0.1, 0.15) is 25.7 Å². The molecule has 110 valence electrons. The second-order valence-electron chi connectivity index (χ2n) is 3.75. The van der Waals surface area contributed by atoms with E-state index in [-0.39, 0.29) is 13.2 Å². The van der Waals surface area contributed by atoms with Crippen molar-refractivity contribution in [3.8, 4) is 0 Å². The molecule has 0 atom stereocenters. The lowest BCUT2D eigenvalue weighted by Crippen LogP contribution is -2.17. The van der Waals surface area contributed by atoms with Gasteiger partial charge in [-0.2, -0.15) is 26.3 Å². The summed E-state index contributed by atoms with van der Waals surface area (Å²) in [4.78, 5) is 0. The summed E-state index contributed by atoms with van der Waals surface area (Å²) < 4.78 is 78.5. The Labute approximate surface area is 101 Å². The van der Waals surface area contributed by atoms with Gasteiger partial charge in [-0.3, -0.25) is 0 Å². The third-order valence-corrected chi connectivity index (χ3v) is 1.86. The van der Waals surface area contributed by atoms with Crippen LogP contribution in [0, 0.1) is 0 Å². The van der Waals surface area contributed by atoms with Crippen molar-refractivity contribution in [2.75, 3.05) is 26.4 Å². The molecule has 0 fully saturated rings. The molecule has 2 nitrogen and oxygen atoms in total. The summed E-state index contributed by atoms with van der Waals surface area (Å²) in [7, 11) is 0. The van der Waals surface area contributed by atoms with Gasteiger partial charge < -0.3 is 9.47 Å². The average Bonchev–Trinajstić information content (AvgIpc) is 2.17. The maximum absolute atomic E-state index is 11.6. The van der Waals surface area contributed by atoms with Crippen molar-refractivity contribution in [3.63, 3.8) is 0 Å². The third kappa shape index (κ3) is 15.5. The molecule has 0 saturated carbocycles. The summed E-state index contributed by atoms with van der Waals surface area (Å²) in [5, 5.41) is 0. The number of alkyl halides is 6. The molecule has 0 spiro atoms. The number of hydrogen-bond acceptors (Lipinski definition) is 2. The highest BCUT2D eigenvalue weighted by atomic mass is 19.4. The van der Waals surface area contributed by atoms with Crippen molar-refractivity contribution in [3.05, 3.63) is 0 Å². The van der Waals surface area contributed by atoms with Crippen molar-refractivity contribution in [2.24, 2.45) is 0 Å². The molecule has 0 rings (SSSR count). The smallest absolute Gasteiger partial charge is 0.372 e. The predicted molar refractivity (Wildman–Crippen MR) is 52.2 cm³/mol. The molecule has 0 aliphatic carbocycles. The van der Waals surface area contributed by atoms with E-state index in [1.807, 2.05) is 0 Å². The first-order valence-electron chi connectivity index (χ1n) is 5.50. The molecule has 0 aliphatic rings. The van der Waals surface area contributed by atoms with Gasteiger partial charge in [-0.1, -0.05) is 12.8 Å². The van der Waals surface area contributed by atoms with Crippen molar-refractivity contribution < 1.29 is 35.8 Å². The first-order valence-corrected chi connectivity index (χ1v) is 5.50. The molecule has 8 heteroatoms. The normalized spacial score (nSPS) is 13.0. The van der Waals surface area contributed by atoms with Gasteiger partial charge in [0.2, 0.25) is 0 Å². The highest BCUT2D eigenvalue weighted by Gasteiger charge is 2.27. The molecular weight excluding hydrogens is 266 g/mol. The summed E-state index contributed by atoms with van der Waals surface area (Å²) >= 11 is 0. The first kappa shape index (κ1) is 17.5. The van der Waals surface area contributed by atoms with Crippen molar-refractivity contribution in [1.29, 1.82) is 0 Å². The predicted octanol–water partition coefficient (Wildman–Crippen LogP) is 3.70. The molecule has 0 unspecified atom stereocenters. The zero-order chi connectivity index (χ0) is 14.1. The number of rotatable bonds is 9. The zero-order valence-electron chi connectivity index (χ0n) is 9.74. The van der Waals surface area contributed by atoms with Crippen LogP contribution in [0.2, 0.25) is 0 Å². The van der Waals surface area contributed by atoms with Crippen molar-refractivity contribution >= 4 is 0 Å². The Morgan fingerprint density at radius 1 is 0.556 bits per heavy atom. The van der Waals surface area contributed by atoms with Crippen LogP contribution >= 0.6 is 0 Å². The summed E-state index contributed by atoms with van der Waals surface area (Å²) in [6.45, 7) is -2.52. The average molecular weight is 282 g/mol. The van der Waals surface area contributed by atoms with Gasteiger partial charge in [0, 0.05) is 13.2 Å². The summed E-state index contributed by atoms with van der Waals surface area (Å²) in [6, 6.07) is 0. The van der Waals surface area contributed by atoms with Gasteiger partial charge in [-0.25, -0.2) is 0 Å². The van der Waals surface area contributed by atoms with Crippen LogP contribution < -0.4 is 0 Å². The lowest BCUT2D eigenvalue weighted by Gasteiger charge is -2.08. The Morgan fingerprint density at radius 3 is 1.17 bits per heavy atom. The van der Waals surface area contributed by atoms with Crippen LogP contribution in [-0.2, 0) is 9.47 Å². The standard InChI is InChI=1S/C10H16F6O2/c11-9(12,13)7-17-5-3-1-2-4-6-18-8-10(14,15)16/h1-8H2.